The van der Waals surface area contributed by atoms with Crippen LogP contribution in [-0.2, 0) is 24.2 Å². The van der Waals surface area contributed by atoms with Gasteiger partial charge in [0.15, 0.2) is 0 Å². The zero-order chi connectivity index (χ0) is 13.2. The number of rotatable bonds is 2. The first-order valence-electron chi connectivity index (χ1n) is 6.46. The summed E-state index contributed by atoms with van der Waals surface area (Å²) in [6.07, 6.45) is 1.38. The summed E-state index contributed by atoms with van der Waals surface area (Å²) in [5.41, 5.74) is 3.89. The van der Waals surface area contributed by atoms with Crippen LogP contribution in [0.3, 0.4) is 0 Å². The van der Waals surface area contributed by atoms with Crippen molar-refractivity contribution in [3.05, 3.63) is 62.8 Å². The van der Waals surface area contributed by atoms with Crippen LogP contribution in [0, 0.1) is 6.92 Å². The third-order valence-corrected chi connectivity index (χ3v) is 3.37. The summed E-state index contributed by atoms with van der Waals surface area (Å²) in [6.45, 7) is 3.08. The first-order chi connectivity index (χ1) is 9.22. The van der Waals surface area contributed by atoms with Gasteiger partial charge in [-0.2, -0.15) is 0 Å². The number of H-pyrrole nitrogens is 1. The molecule has 0 radical (unpaired) electrons. The second-order valence-electron chi connectivity index (χ2n) is 4.90. The summed E-state index contributed by atoms with van der Waals surface area (Å²) in [5.74, 6) is 0.731. The molecule has 1 aliphatic rings. The van der Waals surface area contributed by atoms with E-state index in [2.05, 4.69) is 41.2 Å². The fourth-order valence-corrected chi connectivity index (χ4v) is 2.28. The van der Waals surface area contributed by atoms with Crippen molar-refractivity contribution in [1.29, 1.82) is 0 Å². The van der Waals surface area contributed by atoms with Gasteiger partial charge in [0.2, 0.25) is 0 Å². The largest absolute Gasteiger partial charge is 0.376 e. The van der Waals surface area contributed by atoms with Gasteiger partial charge < -0.3 is 9.72 Å². The SMILES string of the molecule is Cc1ccc(Cc2nc3c(c(=O)[nH]2)COCC3)cc1. The molecule has 3 rings (SSSR count). The normalized spacial score (nSPS) is 14.2. The fraction of sp³-hybridized carbons (Fsp3) is 0.333. The number of aromatic nitrogens is 2. The molecule has 98 valence electrons. The number of aryl methyl sites for hydroxylation is 1. The summed E-state index contributed by atoms with van der Waals surface area (Å²) in [4.78, 5) is 19.4. The highest BCUT2D eigenvalue weighted by molar-refractivity contribution is 5.25. The number of nitrogens with one attached hydrogen (secondary N) is 1. The second kappa shape index (κ2) is 4.97. The van der Waals surface area contributed by atoms with Crippen molar-refractivity contribution in [3.8, 4) is 0 Å². The molecule has 0 bridgehead atoms. The molecule has 0 amide bonds. The summed E-state index contributed by atoms with van der Waals surface area (Å²) < 4.78 is 5.29. The Hall–Kier alpha value is -1.94. The molecule has 0 saturated carbocycles. The van der Waals surface area contributed by atoms with E-state index in [4.69, 9.17) is 4.74 Å². The molecule has 0 unspecified atom stereocenters. The summed E-state index contributed by atoms with van der Waals surface area (Å²) in [6, 6.07) is 8.27. The Bertz CT molecular complexity index is 644. The molecular formula is C15H16N2O2. The Morgan fingerprint density at radius 3 is 2.89 bits per heavy atom. The predicted molar refractivity (Wildman–Crippen MR) is 72.2 cm³/mol. The van der Waals surface area contributed by atoms with E-state index in [1.807, 2.05) is 0 Å². The van der Waals surface area contributed by atoms with Crippen molar-refractivity contribution in [3.63, 3.8) is 0 Å². The van der Waals surface area contributed by atoms with E-state index in [0.29, 0.717) is 25.2 Å². The first-order valence-corrected chi connectivity index (χ1v) is 6.46. The number of ether oxygens (including phenoxy) is 1. The van der Waals surface area contributed by atoms with Crippen LogP contribution in [0.5, 0.6) is 0 Å². The molecule has 1 aromatic carbocycles. The zero-order valence-corrected chi connectivity index (χ0v) is 10.9. The van der Waals surface area contributed by atoms with Crippen molar-refractivity contribution in [1.82, 2.24) is 9.97 Å². The van der Waals surface area contributed by atoms with E-state index >= 15 is 0 Å². The van der Waals surface area contributed by atoms with Crippen molar-refractivity contribution in [2.24, 2.45) is 0 Å². The second-order valence-corrected chi connectivity index (χ2v) is 4.90. The van der Waals surface area contributed by atoms with Crippen LogP contribution in [0.25, 0.3) is 0 Å². The van der Waals surface area contributed by atoms with Crippen molar-refractivity contribution in [2.45, 2.75) is 26.4 Å². The van der Waals surface area contributed by atoms with E-state index in [1.54, 1.807) is 0 Å². The van der Waals surface area contributed by atoms with Crippen molar-refractivity contribution >= 4 is 0 Å². The van der Waals surface area contributed by atoms with Gasteiger partial charge in [0.05, 0.1) is 24.5 Å². The molecule has 0 saturated heterocycles. The molecule has 19 heavy (non-hydrogen) atoms. The van der Waals surface area contributed by atoms with Crippen LogP contribution in [0.15, 0.2) is 29.1 Å². The quantitative estimate of drug-likeness (QED) is 0.890. The van der Waals surface area contributed by atoms with Crippen LogP contribution < -0.4 is 5.56 Å². The molecule has 0 aliphatic carbocycles. The number of hydrogen-bond acceptors (Lipinski definition) is 3. The minimum atomic E-state index is -0.0631. The number of aromatic amines is 1. The van der Waals surface area contributed by atoms with Crippen LogP contribution >= 0.6 is 0 Å². The smallest absolute Gasteiger partial charge is 0.256 e. The van der Waals surface area contributed by atoms with E-state index < -0.39 is 0 Å². The van der Waals surface area contributed by atoms with Crippen LogP contribution in [0.2, 0.25) is 0 Å². The lowest BCUT2D eigenvalue weighted by Gasteiger charge is -2.15. The molecule has 4 heteroatoms. The lowest BCUT2D eigenvalue weighted by molar-refractivity contribution is 0.108. The molecule has 1 aromatic heterocycles. The van der Waals surface area contributed by atoms with E-state index in [1.165, 1.54) is 5.56 Å². The van der Waals surface area contributed by atoms with Gasteiger partial charge in [-0.3, -0.25) is 4.79 Å². The van der Waals surface area contributed by atoms with Crippen LogP contribution in [0.4, 0.5) is 0 Å². The average Bonchev–Trinajstić information content (AvgIpc) is 2.42. The highest BCUT2D eigenvalue weighted by Gasteiger charge is 2.15. The lowest BCUT2D eigenvalue weighted by Crippen LogP contribution is -2.25. The standard InChI is InChI=1S/C15H16N2O2/c1-10-2-4-11(5-3-10)8-14-16-13-6-7-19-9-12(13)15(18)17-14/h2-5H,6-9H2,1H3,(H,16,17,18). The third-order valence-electron chi connectivity index (χ3n) is 3.37. The number of benzene rings is 1. The Balaban J connectivity index is 1.91. The number of fused-ring (bicyclic) bond motifs is 1. The molecule has 2 aromatic rings. The molecule has 4 nitrogen and oxygen atoms in total. The van der Waals surface area contributed by atoms with Crippen LogP contribution in [-0.4, -0.2) is 16.6 Å². The zero-order valence-electron chi connectivity index (χ0n) is 10.9. The van der Waals surface area contributed by atoms with Crippen LogP contribution in [0.1, 0.15) is 28.2 Å². The van der Waals surface area contributed by atoms with Crippen molar-refractivity contribution < 1.29 is 4.74 Å². The Labute approximate surface area is 111 Å². The first kappa shape index (κ1) is 12.1. The van der Waals surface area contributed by atoms with Gasteiger partial charge >= 0.3 is 0 Å². The molecule has 0 spiro atoms. The minimum absolute atomic E-state index is 0.0631. The third kappa shape index (κ3) is 2.58. The monoisotopic (exact) mass is 256 g/mol. The molecule has 1 aliphatic heterocycles. The van der Waals surface area contributed by atoms with E-state index in [0.717, 1.165) is 23.5 Å². The van der Waals surface area contributed by atoms with Gasteiger partial charge in [-0.25, -0.2) is 4.98 Å². The number of hydrogen-bond donors (Lipinski definition) is 1. The predicted octanol–water partition coefficient (Wildman–Crippen LogP) is 1.74. The van der Waals surface area contributed by atoms with Crippen molar-refractivity contribution in [2.75, 3.05) is 6.61 Å². The van der Waals surface area contributed by atoms with Gasteiger partial charge in [-0.05, 0) is 12.5 Å². The highest BCUT2D eigenvalue weighted by atomic mass is 16.5. The Morgan fingerprint density at radius 1 is 1.32 bits per heavy atom. The molecule has 1 N–H and O–H groups in total. The maximum atomic E-state index is 12.0. The molecule has 2 heterocycles. The molecule has 0 fully saturated rings. The molecule has 0 atom stereocenters. The Kier molecular flexibility index (Phi) is 3.17. The maximum absolute atomic E-state index is 12.0. The minimum Gasteiger partial charge on any atom is -0.376 e. The highest BCUT2D eigenvalue weighted by Crippen LogP contribution is 2.12. The Morgan fingerprint density at radius 2 is 2.11 bits per heavy atom. The summed E-state index contributed by atoms with van der Waals surface area (Å²) in [5, 5.41) is 0. The van der Waals surface area contributed by atoms with E-state index in [-0.39, 0.29) is 5.56 Å². The summed E-state index contributed by atoms with van der Waals surface area (Å²) >= 11 is 0. The van der Waals surface area contributed by atoms with Gasteiger partial charge in [0.25, 0.3) is 5.56 Å². The average molecular weight is 256 g/mol. The molecular weight excluding hydrogens is 240 g/mol. The van der Waals surface area contributed by atoms with E-state index in [9.17, 15) is 4.79 Å². The van der Waals surface area contributed by atoms with Gasteiger partial charge in [-0.15, -0.1) is 0 Å². The maximum Gasteiger partial charge on any atom is 0.256 e. The van der Waals surface area contributed by atoms with Gasteiger partial charge in [0, 0.05) is 12.8 Å². The fourth-order valence-electron chi connectivity index (χ4n) is 2.28. The topological polar surface area (TPSA) is 55.0 Å². The van der Waals surface area contributed by atoms with Gasteiger partial charge in [-0.1, -0.05) is 29.8 Å². The number of nitrogens with zero attached hydrogens (tertiary/aromatic N) is 1. The lowest BCUT2D eigenvalue weighted by atomic mass is 10.1. The van der Waals surface area contributed by atoms with Gasteiger partial charge in [0.1, 0.15) is 5.82 Å². The summed E-state index contributed by atoms with van der Waals surface area (Å²) in [7, 11) is 0.